The van der Waals surface area contributed by atoms with Gasteiger partial charge in [0, 0.05) is 25.7 Å². The second-order valence-corrected chi connectivity index (χ2v) is 6.89. The molecule has 1 aromatic rings. The molecule has 0 bridgehead atoms. The van der Waals surface area contributed by atoms with Crippen molar-refractivity contribution in [1.29, 1.82) is 0 Å². The average molecular weight is 268 g/mol. The van der Waals surface area contributed by atoms with Crippen LogP contribution in [0.1, 0.15) is 12.5 Å². The molecule has 1 aliphatic rings. The van der Waals surface area contributed by atoms with E-state index in [0.717, 1.165) is 18.7 Å². The third-order valence-electron chi connectivity index (χ3n) is 3.32. The normalized spacial score (nSPS) is 23.1. The Morgan fingerprint density at radius 3 is 2.50 bits per heavy atom. The van der Waals surface area contributed by atoms with Gasteiger partial charge in [0.25, 0.3) is 0 Å². The van der Waals surface area contributed by atoms with E-state index in [1.54, 1.807) is 4.31 Å². The molecule has 5 heteroatoms. The minimum Gasteiger partial charge on any atom is -0.303 e. The smallest absolute Gasteiger partial charge is 0.218 e. The van der Waals surface area contributed by atoms with Crippen molar-refractivity contribution in [3.8, 4) is 0 Å². The van der Waals surface area contributed by atoms with Gasteiger partial charge in [-0.3, -0.25) is 0 Å². The van der Waals surface area contributed by atoms with Gasteiger partial charge in [0.05, 0.1) is 5.75 Å². The van der Waals surface area contributed by atoms with Crippen molar-refractivity contribution in [2.45, 2.75) is 18.7 Å². The van der Waals surface area contributed by atoms with Crippen LogP contribution in [-0.2, 0) is 15.8 Å². The van der Waals surface area contributed by atoms with E-state index in [9.17, 15) is 8.42 Å². The molecule has 0 aromatic heterocycles. The molecular formula is C13H20N2O2S. The summed E-state index contributed by atoms with van der Waals surface area (Å²) in [5.41, 5.74) is 0.851. The fourth-order valence-corrected chi connectivity index (χ4v) is 4.16. The Bertz CT molecular complexity index is 487. The standard InChI is InChI=1S/C13H20N2O2S/c1-12-10-14(2)8-9-15(12)18(16,17)11-13-6-4-3-5-7-13/h3-7,12H,8-11H2,1-2H3. The van der Waals surface area contributed by atoms with Crippen molar-refractivity contribution in [3.05, 3.63) is 35.9 Å². The summed E-state index contributed by atoms with van der Waals surface area (Å²) < 4.78 is 26.4. The van der Waals surface area contributed by atoms with Crippen LogP contribution in [0.25, 0.3) is 0 Å². The Morgan fingerprint density at radius 2 is 1.89 bits per heavy atom. The van der Waals surface area contributed by atoms with Crippen LogP contribution in [0.3, 0.4) is 0 Å². The van der Waals surface area contributed by atoms with Crippen molar-refractivity contribution < 1.29 is 8.42 Å². The predicted octanol–water partition coefficient (Wildman–Crippen LogP) is 1.15. The van der Waals surface area contributed by atoms with Gasteiger partial charge in [0.2, 0.25) is 10.0 Å². The molecule has 18 heavy (non-hydrogen) atoms. The summed E-state index contributed by atoms with van der Waals surface area (Å²) in [7, 11) is -1.18. The van der Waals surface area contributed by atoms with E-state index in [2.05, 4.69) is 4.90 Å². The van der Waals surface area contributed by atoms with Crippen LogP contribution in [0.5, 0.6) is 0 Å². The third kappa shape index (κ3) is 3.10. The average Bonchev–Trinajstić information content (AvgIpc) is 2.29. The first-order valence-electron chi connectivity index (χ1n) is 6.21. The highest BCUT2D eigenvalue weighted by atomic mass is 32.2. The summed E-state index contributed by atoms with van der Waals surface area (Å²) in [4.78, 5) is 2.17. The highest BCUT2D eigenvalue weighted by molar-refractivity contribution is 7.88. The minimum atomic E-state index is -3.20. The number of nitrogens with zero attached hydrogens (tertiary/aromatic N) is 2. The van der Waals surface area contributed by atoms with E-state index in [-0.39, 0.29) is 11.8 Å². The number of piperazine rings is 1. The van der Waals surface area contributed by atoms with E-state index in [0.29, 0.717) is 6.54 Å². The second kappa shape index (κ2) is 5.38. The quantitative estimate of drug-likeness (QED) is 0.826. The molecule has 0 amide bonds. The Morgan fingerprint density at radius 1 is 1.22 bits per heavy atom. The molecule has 1 atom stereocenters. The van der Waals surface area contributed by atoms with Crippen molar-refractivity contribution >= 4 is 10.0 Å². The molecule has 1 saturated heterocycles. The molecule has 0 aliphatic carbocycles. The van der Waals surface area contributed by atoms with Crippen LogP contribution in [0, 0.1) is 0 Å². The zero-order chi connectivity index (χ0) is 13.2. The van der Waals surface area contributed by atoms with Gasteiger partial charge >= 0.3 is 0 Å². The molecular weight excluding hydrogens is 248 g/mol. The first-order valence-corrected chi connectivity index (χ1v) is 7.82. The van der Waals surface area contributed by atoms with E-state index in [1.807, 2.05) is 44.3 Å². The monoisotopic (exact) mass is 268 g/mol. The molecule has 1 fully saturated rings. The van der Waals surface area contributed by atoms with E-state index in [1.165, 1.54) is 0 Å². The lowest BCUT2D eigenvalue weighted by molar-refractivity contribution is 0.170. The molecule has 100 valence electrons. The fourth-order valence-electron chi connectivity index (χ4n) is 2.40. The first-order chi connectivity index (χ1) is 8.49. The molecule has 1 aromatic carbocycles. The van der Waals surface area contributed by atoms with Crippen molar-refractivity contribution in [2.75, 3.05) is 26.7 Å². The van der Waals surface area contributed by atoms with Gasteiger partial charge in [0.15, 0.2) is 0 Å². The van der Waals surface area contributed by atoms with Crippen LogP contribution in [0.15, 0.2) is 30.3 Å². The van der Waals surface area contributed by atoms with Crippen molar-refractivity contribution in [1.82, 2.24) is 9.21 Å². The molecule has 4 nitrogen and oxygen atoms in total. The Labute approximate surface area is 109 Å². The van der Waals surface area contributed by atoms with E-state index < -0.39 is 10.0 Å². The van der Waals surface area contributed by atoms with Gasteiger partial charge < -0.3 is 4.90 Å². The summed E-state index contributed by atoms with van der Waals surface area (Å²) >= 11 is 0. The van der Waals surface area contributed by atoms with Gasteiger partial charge in [-0.15, -0.1) is 0 Å². The van der Waals surface area contributed by atoms with Gasteiger partial charge in [-0.05, 0) is 19.5 Å². The maximum absolute atomic E-state index is 12.4. The van der Waals surface area contributed by atoms with Crippen LogP contribution in [0.4, 0.5) is 0 Å². The highest BCUT2D eigenvalue weighted by Gasteiger charge is 2.31. The lowest BCUT2D eigenvalue weighted by Gasteiger charge is -2.37. The van der Waals surface area contributed by atoms with E-state index in [4.69, 9.17) is 0 Å². The van der Waals surface area contributed by atoms with Crippen molar-refractivity contribution in [3.63, 3.8) is 0 Å². The van der Waals surface area contributed by atoms with Gasteiger partial charge in [-0.1, -0.05) is 30.3 Å². The number of hydrogen-bond acceptors (Lipinski definition) is 3. The number of rotatable bonds is 3. The zero-order valence-corrected chi connectivity index (χ0v) is 11.7. The minimum absolute atomic E-state index is 0.0532. The predicted molar refractivity (Wildman–Crippen MR) is 72.7 cm³/mol. The van der Waals surface area contributed by atoms with Crippen LogP contribution >= 0.6 is 0 Å². The molecule has 2 rings (SSSR count). The number of benzene rings is 1. The maximum Gasteiger partial charge on any atom is 0.218 e. The first kappa shape index (κ1) is 13.5. The second-order valence-electron chi connectivity index (χ2n) is 4.96. The van der Waals surface area contributed by atoms with Gasteiger partial charge in [0.1, 0.15) is 0 Å². The SMILES string of the molecule is CC1CN(C)CCN1S(=O)(=O)Cc1ccccc1. The molecule has 0 saturated carbocycles. The Kier molecular flexibility index (Phi) is 4.04. The summed E-state index contributed by atoms with van der Waals surface area (Å²) in [6.45, 7) is 4.16. The lowest BCUT2D eigenvalue weighted by atomic mass is 10.2. The third-order valence-corrected chi connectivity index (χ3v) is 5.27. The molecule has 1 aliphatic heterocycles. The lowest BCUT2D eigenvalue weighted by Crippen LogP contribution is -2.52. The summed E-state index contributed by atoms with van der Waals surface area (Å²) in [5.74, 6) is 0.0991. The summed E-state index contributed by atoms with van der Waals surface area (Å²) in [5, 5.41) is 0. The Hall–Kier alpha value is -0.910. The number of likely N-dealkylation sites (N-methyl/N-ethyl adjacent to an activating group) is 1. The molecule has 0 spiro atoms. The summed E-state index contributed by atoms with van der Waals surface area (Å²) in [6, 6.07) is 9.42. The fraction of sp³-hybridized carbons (Fsp3) is 0.538. The Balaban J connectivity index is 2.12. The summed E-state index contributed by atoms with van der Waals surface area (Å²) in [6.07, 6.45) is 0. The number of hydrogen-bond donors (Lipinski definition) is 0. The van der Waals surface area contributed by atoms with Crippen LogP contribution in [-0.4, -0.2) is 50.3 Å². The van der Waals surface area contributed by atoms with Crippen LogP contribution < -0.4 is 0 Å². The largest absolute Gasteiger partial charge is 0.303 e. The number of sulfonamides is 1. The van der Waals surface area contributed by atoms with E-state index >= 15 is 0 Å². The van der Waals surface area contributed by atoms with Crippen LogP contribution in [0.2, 0.25) is 0 Å². The van der Waals surface area contributed by atoms with Gasteiger partial charge in [-0.25, -0.2) is 8.42 Å². The molecule has 1 heterocycles. The molecule has 0 radical (unpaired) electrons. The molecule has 1 unspecified atom stereocenters. The molecule has 0 N–H and O–H groups in total. The maximum atomic E-state index is 12.4. The topological polar surface area (TPSA) is 40.6 Å². The zero-order valence-electron chi connectivity index (χ0n) is 10.9. The van der Waals surface area contributed by atoms with Gasteiger partial charge in [-0.2, -0.15) is 4.31 Å². The highest BCUT2D eigenvalue weighted by Crippen LogP contribution is 2.17. The van der Waals surface area contributed by atoms with Crippen molar-refractivity contribution in [2.24, 2.45) is 0 Å².